The average Bonchev–Trinajstić information content (AvgIpc) is 2.88. The van der Waals surface area contributed by atoms with Gasteiger partial charge in [-0.3, -0.25) is 4.57 Å². The molecule has 18 heavy (non-hydrogen) atoms. The zero-order chi connectivity index (χ0) is 12.9. The van der Waals surface area contributed by atoms with Gasteiger partial charge in [-0.1, -0.05) is 6.58 Å². The maximum atomic E-state index is 9.87. The number of nitrogen functional groups attached to an aromatic ring is 1. The Balaban J connectivity index is 2.11. The molecule has 1 aliphatic heterocycles. The zero-order valence-corrected chi connectivity index (χ0v) is 9.26. The van der Waals surface area contributed by atoms with Gasteiger partial charge in [-0.15, -0.1) is 0 Å². The van der Waals surface area contributed by atoms with Crippen LogP contribution in [0.25, 0.3) is 11.2 Å². The minimum atomic E-state index is -1.13. The lowest BCUT2D eigenvalue weighted by molar-refractivity contribution is -0.0118. The van der Waals surface area contributed by atoms with Crippen molar-refractivity contribution in [1.82, 2.24) is 19.5 Å². The molecule has 0 amide bonds. The van der Waals surface area contributed by atoms with Crippen molar-refractivity contribution in [2.45, 2.75) is 18.4 Å². The fourth-order valence-corrected chi connectivity index (χ4v) is 1.92. The van der Waals surface area contributed by atoms with Gasteiger partial charge in [0.05, 0.1) is 0 Å². The molecule has 3 atom stereocenters. The highest BCUT2D eigenvalue weighted by atomic mass is 16.5. The third kappa shape index (κ3) is 1.36. The van der Waals surface area contributed by atoms with Crippen LogP contribution in [0.15, 0.2) is 25.0 Å². The third-order valence-corrected chi connectivity index (χ3v) is 2.88. The van der Waals surface area contributed by atoms with Crippen molar-refractivity contribution in [2.75, 3.05) is 5.73 Å². The molecule has 1 fully saturated rings. The van der Waals surface area contributed by atoms with E-state index in [4.69, 9.17) is 10.5 Å². The van der Waals surface area contributed by atoms with Crippen molar-refractivity contribution >= 4 is 17.0 Å². The van der Waals surface area contributed by atoms with Crippen LogP contribution in [0.4, 0.5) is 5.82 Å². The van der Waals surface area contributed by atoms with Crippen molar-refractivity contribution in [2.24, 2.45) is 0 Å². The van der Waals surface area contributed by atoms with Gasteiger partial charge in [0.25, 0.3) is 0 Å². The second-order valence-electron chi connectivity index (χ2n) is 3.99. The lowest BCUT2D eigenvalue weighted by Crippen LogP contribution is -2.27. The minimum absolute atomic E-state index is 0.108. The predicted octanol–water partition coefficient (Wildman–Crippen LogP) is -0.827. The summed E-state index contributed by atoms with van der Waals surface area (Å²) in [6.07, 6.45) is -0.373. The maximum Gasteiger partial charge on any atom is 0.207 e. The fourth-order valence-electron chi connectivity index (χ4n) is 1.92. The largest absolute Gasteiger partial charge is 0.469 e. The van der Waals surface area contributed by atoms with Crippen LogP contribution < -0.4 is 5.73 Å². The molecule has 94 valence electrons. The summed E-state index contributed by atoms with van der Waals surface area (Å²) in [5, 5.41) is 19.5. The van der Waals surface area contributed by atoms with Gasteiger partial charge in [-0.25, -0.2) is 15.0 Å². The Bertz CT molecular complexity index is 625. The molecular formula is C10H11N5O3. The number of nitrogens with zero attached hydrogens (tertiary/aromatic N) is 4. The molecule has 0 spiro atoms. The van der Waals surface area contributed by atoms with Crippen molar-refractivity contribution in [3.05, 3.63) is 25.0 Å². The number of anilines is 1. The number of aliphatic hydroxyl groups is 2. The van der Waals surface area contributed by atoms with E-state index in [2.05, 4.69) is 21.5 Å². The Hall–Kier alpha value is -2.19. The minimum Gasteiger partial charge on any atom is -0.469 e. The van der Waals surface area contributed by atoms with Crippen LogP contribution in [0, 0.1) is 0 Å². The maximum absolute atomic E-state index is 9.87. The number of fused-ring (bicyclic) bond motifs is 1. The molecule has 0 bridgehead atoms. The molecular weight excluding hydrogens is 238 g/mol. The Kier molecular flexibility index (Phi) is 2.22. The van der Waals surface area contributed by atoms with E-state index in [1.165, 1.54) is 17.2 Å². The molecule has 0 unspecified atom stereocenters. The van der Waals surface area contributed by atoms with E-state index in [9.17, 15) is 10.2 Å². The number of aliphatic hydroxyl groups excluding tert-OH is 2. The van der Waals surface area contributed by atoms with Crippen LogP contribution in [0.5, 0.6) is 0 Å². The van der Waals surface area contributed by atoms with E-state index in [0.717, 1.165) is 0 Å². The summed E-state index contributed by atoms with van der Waals surface area (Å²) < 4.78 is 6.79. The first-order valence-corrected chi connectivity index (χ1v) is 5.24. The lowest BCUT2D eigenvalue weighted by atomic mass is 10.2. The van der Waals surface area contributed by atoms with Gasteiger partial charge in [-0.2, -0.15) is 0 Å². The SMILES string of the molecule is C=C1O[C@H](n2cnc3c(N)ncnc32)[C@@H](O)[C@@H]1O. The van der Waals surface area contributed by atoms with Gasteiger partial charge in [0.2, 0.25) is 6.23 Å². The number of rotatable bonds is 1. The highest BCUT2D eigenvalue weighted by Crippen LogP contribution is 2.32. The number of hydrogen-bond acceptors (Lipinski definition) is 7. The Morgan fingerprint density at radius 1 is 1.33 bits per heavy atom. The zero-order valence-electron chi connectivity index (χ0n) is 9.26. The normalized spacial score (nSPS) is 27.7. The molecule has 0 aromatic carbocycles. The summed E-state index contributed by atoms with van der Waals surface area (Å²) >= 11 is 0. The number of ether oxygens (including phenoxy) is 1. The molecule has 2 aromatic rings. The smallest absolute Gasteiger partial charge is 0.207 e. The summed E-state index contributed by atoms with van der Waals surface area (Å²) in [5.41, 5.74) is 6.50. The predicted molar refractivity (Wildman–Crippen MR) is 61.0 cm³/mol. The van der Waals surface area contributed by atoms with Crippen LogP contribution in [-0.2, 0) is 4.74 Å². The quantitative estimate of drug-likeness (QED) is 0.603. The first-order valence-electron chi connectivity index (χ1n) is 5.24. The standard InChI is InChI=1S/C10H11N5O3/c1-4-6(16)7(17)10(18-4)15-3-14-5-8(11)12-2-13-9(5)15/h2-3,6-7,10,16-17H,1H2,(H2,11,12,13)/t6-,7+,10+/m1/s1. The average molecular weight is 249 g/mol. The second kappa shape index (κ2) is 3.65. The molecule has 4 N–H and O–H groups in total. The molecule has 0 saturated carbocycles. The Labute approximate surface area is 101 Å². The molecule has 0 aliphatic carbocycles. The molecule has 8 heteroatoms. The monoisotopic (exact) mass is 249 g/mol. The fraction of sp³-hybridized carbons (Fsp3) is 0.300. The third-order valence-electron chi connectivity index (χ3n) is 2.88. The van der Waals surface area contributed by atoms with Crippen LogP contribution in [0.1, 0.15) is 6.23 Å². The van der Waals surface area contributed by atoms with Gasteiger partial charge < -0.3 is 20.7 Å². The molecule has 1 saturated heterocycles. The number of hydrogen-bond donors (Lipinski definition) is 3. The van der Waals surface area contributed by atoms with E-state index in [-0.39, 0.29) is 11.6 Å². The summed E-state index contributed by atoms with van der Waals surface area (Å²) in [6.45, 7) is 3.52. The van der Waals surface area contributed by atoms with E-state index in [1.807, 2.05) is 0 Å². The van der Waals surface area contributed by atoms with Crippen molar-refractivity contribution < 1.29 is 14.9 Å². The summed E-state index contributed by atoms with van der Waals surface area (Å²) in [4.78, 5) is 11.9. The molecule has 3 heterocycles. The van der Waals surface area contributed by atoms with Crippen molar-refractivity contribution in [3.8, 4) is 0 Å². The molecule has 1 aliphatic rings. The van der Waals surface area contributed by atoms with E-state index >= 15 is 0 Å². The van der Waals surface area contributed by atoms with Gasteiger partial charge in [0, 0.05) is 0 Å². The summed E-state index contributed by atoms with van der Waals surface area (Å²) in [7, 11) is 0. The van der Waals surface area contributed by atoms with E-state index < -0.39 is 18.4 Å². The molecule has 0 radical (unpaired) electrons. The molecule has 8 nitrogen and oxygen atoms in total. The van der Waals surface area contributed by atoms with Gasteiger partial charge >= 0.3 is 0 Å². The lowest BCUT2D eigenvalue weighted by Gasteiger charge is -2.15. The molecule has 2 aromatic heterocycles. The highest BCUT2D eigenvalue weighted by Gasteiger charge is 2.40. The highest BCUT2D eigenvalue weighted by molar-refractivity contribution is 5.81. The number of imidazole rings is 1. The Morgan fingerprint density at radius 2 is 2.11 bits per heavy atom. The van der Waals surface area contributed by atoms with Crippen LogP contribution >= 0.6 is 0 Å². The summed E-state index contributed by atoms with van der Waals surface area (Å²) in [6, 6.07) is 0. The Morgan fingerprint density at radius 3 is 2.78 bits per heavy atom. The summed E-state index contributed by atoms with van der Waals surface area (Å²) in [5.74, 6) is 0.349. The van der Waals surface area contributed by atoms with Crippen molar-refractivity contribution in [1.29, 1.82) is 0 Å². The van der Waals surface area contributed by atoms with Gasteiger partial charge in [0.15, 0.2) is 11.5 Å². The van der Waals surface area contributed by atoms with Gasteiger partial charge in [0.1, 0.15) is 36.1 Å². The number of aromatic nitrogens is 4. The molecule has 3 rings (SSSR count). The van der Waals surface area contributed by atoms with Crippen LogP contribution in [-0.4, -0.2) is 41.9 Å². The second-order valence-corrected chi connectivity index (χ2v) is 3.99. The van der Waals surface area contributed by atoms with Gasteiger partial charge in [-0.05, 0) is 0 Å². The number of nitrogens with two attached hydrogens (primary N) is 1. The first kappa shape index (κ1) is 10.9. The van der Waals surface area contributed by atoms with Crippen LogP contribution in [0.2, 0.25) is 0 Å². The van der Waals surface area contributed by atoms with Crippen LogP contribution in [0.3, 0.4) is 0 Å². The first-order chi connectivity index (χ1) is 8.59. The van der Waals surface area contributed by atoms with Crippen molar-refractivity contribution in [3.63, 3.8) is 0 Å². The van der Waals surface area contributed by atoms with E-state index in [0.29, 0.717) is 11.2 Å². The topological polar surface area (TPSA) is 119 Å². The van der Waals surface area contributed by atoms with E-state index in [1.54, 1.807) is 0 Å².